The zero-order valence-electron chi connectivity index (χ0n) is 7.76. The lowest BCUT2D eigenvalue weighted by Gasteiger charge is -2.27. The van der Waals surface area contributed by atoms with Crippen LogP contribution in [0, 0.1) is 0 Å². The van der Waals surface area contributed by atoms with E-state index in [4.69, 9.17) is 4.43 Å². The third-order valence-electron chi connectivity index (χ3n) is 2.37. The molecule has 0 N–H and O–H groups in total. The van der Waals surface area contributed by atoms with E-state index in [1.165, 1.54) is 0 Å². The third-order valence-corrected chi connectivity index (χ3v) is 6.31. The first-order valence-corrected chi connectivity index (χ1v) is 6.13. The van der Waals surface area contributed by atoms with Crippen LogP contribution in [0.1, 0.15) is 20.3 Å². The largest absolute Gasteiger partial charge is 0.412 e. The molecule has 0 saturated carbocycles. The molecule has 11 heavy (non-hydrogen) atoms. The van der Waals surface area contributed by atoms with Gasteiger partial charge in [0.25, 0.3) is 0 Å². The van der Waals surface area contributed by atoms with E-state index in [1.54, 1.807) is 7.11 Å². The fourth-order valence-corrected chi connectivity index (χ4v) is 3.52. The van der Waals surface area contributed by atoms with Crippen LogP contribution in [0.15, 0.2) is 24.6 Å². The molecular weight excluding hydrogens is 152 g/mol. The van der Waals surface area contributed by atoms with Gasteiger partial charge in [0.2, 0.25) is 8.32 Å². The summed E-state index contributed by atoms with van der Waals surface area (Å²) in [4.78, 5) is 0. The van der Waals surface area contributed by atoms with Crippen LogP contribution in [0.25, 0.3) is 0 Å². The van der Waals surface area contributed by atoms with Crippen molar-refractivity contribution in [2.24, 2.45) is 0 Å². The van der Waals surface area contributed by atoms with Gasteiger partial charge < -0.3 is 4.43 Å². The molecule has 0 heterocycles. The van der Waals surface area contributed by atoms with Crippen LogP contribution in [-0.4, -0.2) is 15.4 Å². The van der Waals surface area contributed by atoms with Gasteiger partial charge in [0.05, 0.1) is 0 Å². The Morgan fingerprint density at radius 2 is 1.91 bits per heavy atom. The Hall–Kier alpha value is -0.343. The van der Waals surface area contributed by atoms with E-state index in [-0.39, 0.29) is 0 Å². The first-order valence-electron chi connectivity index (χ1n) is 3.99. The first kappa shape index (κ1) is 10.7. The smallest absolute Gasteiger partial charge is 0.242 e. The van der Waals surface area contributed by atoms with Gasteiger partial charge in [-0.25, -0.2) is 0 Å². The highest BCUT2D eigenvalue weighted by atomic mass is 28.4. The van der Waals surface area contributed by atoms with E-state index >= 15 is 0 Å². The fourth-order valence-electron chi connectivity index (χ4n) is 1.17. The molecule has 0 radical (unpaired) electrons. The van der Waals surface area contributed by atoms with Crippen molar-refractivity contribution in [3.63, 3.8) is 0 Å². The first-order chi connectivity index (χ1) is 5.16. The fraction of sp³-hybridized carbons (Fsp3) is 0.556. The molecule has 64 valence electrons. The molecule has 0 bridgehead atoms. The van der Waals surface area contributed by atoms with Crippen LogP contribution in [0.2, 0.25) is 5.54 Å². The molecule has 0 fully saturated rings. The Labute approximate surface area is 70.9 Å². The molecule has 1 atom stereocenters. The maximum absolute atomic E-state index is 5.49. The zero-order valence-corrected chi connectivity index (χ0v) is 8.76. The molecule has 0 aliphatic carbocycles. The summed E-state index contributed by atoms with van der Waals surface area (Å²) in [6, 6.07) is 0. The van der Waals surface area contributed by atoms with E-state index in [9.17, 15) is 0 Å². The van der Waals surface area contributed by atoms with Gasteiger partial charge in [0.15, 0.2) is 0 Å². The number of hydrogen-bond donors (Lipinski definition) is 0. The molecule has 0 aromatic rings. The summed E-state index contributed by atoms with van der Waals surface area (Å²) in [6.45, 7) is 12.0. The molecule has 0 rings (SSSR count). The number of rotatable bonds is 5. The van der Waals surface area contributed by atoms with E-state index in [2.05, 4.69) is 27.0 Å². The highest BCUT2D eigenvalue weighted by Crippen LogP contribution is 2.26. The van der Waals surface area contributed by atoms with Gasteiger partial charge in [-0.3, -0.25) is 0 Å². The standard InChI is InChI=1S/C9H18OSi/c1-6-9(4)11(7-2,8-3)10-5/h7-9H,2-3,6H2,1,4-5H3. The maximum atomic E-state index is 5.49. The van der Waals surface area contributed by atoms with Crippen molar-refractivity contribution in [1.82, 2.24) is 0 Å². The predicted octanol–water partition coefficient (Wildman–Crippen LogP) is 2.83. The van der Waals surface area contributed by atoms with Gasteiger partial charge in [-0.05, 0) is 5.54 Å². The van der Waals surface area contributed by atoms with Crippen LogP contribution >= 0.6 is 0 Å². The van der Waals surface area contributed by atoms with Crippen LogP contribution in [0.3, 0.4) is 0 Å². The summed E-state index contributed by atoms with van der Waals surface area (Å²) in [5, 5.41) is 0. The summed E-state index contributed by atoms with van der Waals surface area (Å²) >= 11 is 0. The summed E-state index contributed by atoms with van der Waals surface area (Å²) in [7, 11) is -0.0413. The molecule has 0 aromatic heterocycles. The lowest BCUT2D eigenvalue weighted by atomic mass is 10.4. The molecule has 2 heteroatoms. The van der Waals surface area contributed by atoms with Crippen molar-refractivity contribution in [3.05, 3.63) is 24.6 Å². The second-order valence-electron chi connectivity index (χ2n) is 2.78. The monoisotopic (exact) mass is 170 g/mol. The van der Waals surface area contributed by atoms with E-state index in [0.29, 0.717) is 5.54 Å². The van der Waals surface area contributed by atoms with Gasteiger partial charge in [-0.2, -0.15) is 0 Å². The Morgan fingerprint density at radius 3 is 2.00 bits per heavy atom. The van der Waals surface area contributed by atoms with Crippen molar-refractivity contribution in [3.8, 4) is 0 Å². The quantitative estimate of drug-likeness (QED) is 0.577. The molecule has 1 unspecified atom stereocenters. The highest BCUT2D eigenvalue weighted by molar-refractivity contribution is 6.84. The molecule has 0 amide bonds. The van der Waals surface area contributed by atoms with Gasteiger partial charge >= 0.3 is 0 Å². The van der Waals surface area contributed by atoms with Crippen LogP contribution < -0.4 is 0 Å². The molecule has 0 spiro atoms. The van der Waals surface area contributed by atoms with E-state index in [0.717, 1.165) is 6.42 Å². The van der Waals surface area contributed by atoms with E-state index < -0.39 is 8.32 Å². The van der Waals surface area contributed by atoms with Crippen molar-refractivity contribution < 1.29 is 4.43 Å². The topological polar surface area (TPSA) is 9.23 Å². The summed E-state index contributed by atoms with van der Waals surface area (Å²) in [5.74, 6) is 0. The van der Waals surface area contributed by atoms with Crippen LogP contribution in [0.5, 0.6) is 0 Å². The minimum absolute atomic E-state index is 0.572. The van der Waals surface area contributed by atoms with E-state index in [1.807, 2.05) is 11.4 Å². The lowest BCUT2D eigenvalue weighted by molar-refractivity contribution is 0.400. The van der Waals surface area contributed by atoms with Crippen molar-refractivity contribution in [1.29, 1.82) is 0 Å². The van der Waals surface area contributed by atoms with Crippen molar-refractivity contribution in [2.45, 2.75) is 25.8 Å². The molecule has 0 saturated heterocycles. The Balaban J connectivity index is 4.52. The lowest BCUT2D eigenvalue weighted by Crippen LogP contribution is -2.37. The summed E-state index contributed by atoms with van der Waals surface area (Å²) in [6.07, 6.45) is 1.12. The van der Waals surface area contributed by atoms with Gasteiger partial charge in [0.1, 0.15) is 0 Å². The molecule has 0 aliphatic heterocycles. The van der Waals surface area contributed by atoms with Crippen molar-refractivity contribution in [2.75, 3.05) is 7.11 Å². The molecular formula is C9H18OSi. The minimum atomic E-state index is -1.79. The normalized spacial score (nSPS) is 14.1. The van der Waals surface area contributed by atoms with Crippen molar-refractivity contribution >= 4 is 8.32 Å². The zero-order chi connectivity index (χ0) is 8.91. The molecule has 0 aliphatic rings. The summed E-state index contributed by atoms with van der Waals surface area (Å²) in [5.41, 5.74) is 4.48. The summed E-state index contributed by atoms with van der Waals surface area (Å²) < 4.78 is 5.49. The molecule has 1 nitrogen and oxygen atoms in total. The highest BCUT2D eigenvalue weighted by Gasteiger charge is 2.32. The second-order valence-corrected chi connectivity index (χ2v) is 6.69. The Bertz CT molecular complexity index is 134. The second kappa shape index (κ2) is 4.52. The molecule has 0 aromatic carbocycles. The van der Waals surface area contributed by atoms with Crippen LogP contribution in [0.4, 0.5) is 0 Å². The van der Waals surface area contributed by atoms with Gasteiger partial charge in [-0.15, -0.1) is 13.2 Å². The maximum Gasteiger partial charge on any atom is 0.242 e. The van der Waals surface area contributed by atoms with Gasteiger partial charge in [-0.1, -0.05) is 31.7 Å². The Morgan fingerprint density at radius 1 is 1.45 bits per heavy atom. The minimum Gasteiger partial charge on any atom is -0.412 e. The third kappa shape index (κ3) is 2.04. The SMILES string of the molecule is C=C[Si](C=C)(OC)C(C)CC. The van der Waals surface area contributed by atoms with Crippen LogP contribution in [-0.2, 0) is 4.43 Å². The average Bonchev–Trinajstić information content (AvgIpc) is 2.08. The Kier molecular flexibility index (Phi) is 4.38. The number of hydrogen-bond acceptors (Lipinski definition) is 1. The predicted molar refractivity (Wildman–Crippen MR) is 52.9 cm³/mol. The average molecular weight is 170 g/mol. The van der Waals surface area contributed by atoms with Gasteiger partial charge in [0, 0.05) is 7.11 Å².